The Labute approximate surface area is 107 Å². The highest BCUT2D eigenvalue weighted by molar-refractivity contribution is 4.88. The molecule has 1 unspecified atom stereocenters. The number of nitrogens with zero attached hydrogens (tertiary/aromatic N) is 1. The second-order valence-electron chi connectivity index (χ2n) is 6.15. The minimum Gasteiger partial charge on any atom is -0.327 e. The van der Waals surface area contributed by atoms with E-state index in [9.17, 15) is 0 Å². The Kier molecular flexibility index (Phi) is 5.30. The zero-order valence-electron chi connectivity index (χ0n) is 11.5. The SMILES string of the molecule is CCCCC(N)CN1CCC[C@H]2CCCC[C@H]21. The first-order chi connectivity index (χ1) is 8.31. The molecule has 0 amide bonds. The van der Waals surface area contributed by atoms with E-state index in [1.807, 2.05) is 0 Å². The lowest BCUT2D eigenvalue weighted by Crippen LogP contribution is -2.50. The van der Waals surface area contributed by atoms with E-state index in [4.69, 9.17) is 5.73 Å². The van der Waals surface area contributed by atoms with Gasteiger partial charge in [0.2, 0.25) is 0 Å². The van der Waals surface area contributed by atoms with Crippen molar-refractivity contribution in [2.24, 2.45) is 11.7 Å². The summed E-state index contributed by atoms with van der Waals surface area (Å²) in [6, 6.07) is 1.29. The van der Waals surface area contributed by atoms with Gasteiger partial charge >= 0.3 is 0 Å². The van der Waals surface area contributed by atoms with E-state index in [1.54, 1.807) is 0 Å². The molecule has 2 rings (SSSR count). The van der Waals surface area contributed by atoms with E-state index in [0.717, 1.165) is 18.5 Å². The third kappa shape index (κ3) is 3.69. The highest BCUT2D eigenvalue weighted by atomic mass is 15.2. The predicted octanol–water partition coefficient (Wildman–Crippen LogP) is 3.16. The Morgan fingerprint density at radius 2 is 1.94 bits per heavy atom. The Balaban J connectivity index is 1.81. The van der Waals surface area contributed by atoms with Gasteiger partial charge in [0.15, 0.2) is 0 Å². The van der Waals surface area contributed by atoms with Gasteiger partial charge in [0.05, 0.1) is 0 Å². The molecule has 0 aromatic carbocycles. The van der Waals surface area contributed by atoms with Crippen LogP contribution < -0.4 is 5.73 Å². The van der Waals surface area contributed by atoms with Crippen LogP contribution >= 0.6 is 0 Å². The van der Waals surface area contributed by atoms with Gasteiger partial charge in [0.1, 0.15) is 0 Å². The zero-order valence-corrected chi connectivity index (χ0v) is 11.5. The fourth-order valence-electron chi connectivity index (χ4n) is 3.81. The molecule has 1 heterocycles. The first kappa shape index (κ1) is 13.4. The largest absolute Gasteiger partial charge is 0.327 e. The van der Waals surface area contributed by atoms with Gasteiger partial charge in [0.25, 0.3) is 0 Å². The number of likely N-dealkylation sites (tertiary alicyclic amines) is 1. The number of fused-ring (bicyclic) bond motifs is 1. The summed E-state index contributed by atoms with van der Waals surface area (Å²) in [5.41, 5.74) is 6.27. The minimum absolute atomic E-state index is 0.413. The Hall–Kier alpha value is -0.0800. The molecule has 0 aromatic heterocycles. The van der Waals surface area contributed by atoms with Gasteiger partial charge in [-0.2, -0.15) is 0 Å². The lowest BCUT2D eigenvalue weighted by atomic mass is 9.78. The topological polar surface area (TPSA) is 29.3 Å². The molecular weight excluding hydrogens is 208 g/mol. The molecule has 100 valence electrons. The summed E-state index contributed by atoms with van der Waals surface area (Å²) < 4.78 is 0. The third-order valence-electron chi connectivity index (χ3n) is 4.76. The van der Waals surface area contributed by atoms with E-state index in [0.29, 0.717) is 6.04 Å². The van der Waals surface area contributed by atoms with Gasteiger partial charge in [-0.3, -0.25) is 4.90 Å². The lowest BCUT2D eigenvalue weighted by Gasteiger charge is -2.45. The number of nitrogens with two attached hydrogens (primary N) is 1. The summed E-state index contributed by atoms with van der Waals surface area (Å²) in [6.45, 7) is 4.72. The molecule has 17 heavy (non-hydrogen) atoms. The van der Waals surface area contributed by atoms with Gasteiger partial charge < -0.3 is 5.73 Å². The molecule has 2 fully saturated rings. The van der Waals surface area contributed by atoms with Crippen molar-refractivity contribution in [3.63, 3.8) is 0 Å². The standard InChI is InChI=1S/C15H30N2/c1-2-3-9-14(16)12-17-11-6-8-13-7-4-5-10-15(13)17/h13-15H,2-12,16H2,1H3/t13-,14?,15-/m1/s1. The van der Waals surface area contributed by atoms with Crippen molar-refractivity contribution in [2.45, 2.75) is 76.8 Å². The number of unbranched alkanes of at least 4 members (excludes halogenated alkanes) is 1. The molecule has 1 aliphatic heterocycles. The van der Waals surface area contributed by atoms with Crippen molar-refractivity contribution < 1.29 is 0 Å². The van der Waals surface area contributed by atoms with Crippen LogP contribution in [0, 0.1) is 5.92 Å². The third-order valence-corrected chi connectivity index (χ3v) is 4.76. The highest BCUT2D eigenvalue weighted by Gasteiger charge is 2.33. The van der Waals surface area contributed by atoms with Gasteiger partial charge in [-0.15, -0.1) is 0 Å². The van der Waals surface area contributed by atoms with Crippen LogP contribution in [0.1, 0.15) is 64.7 Å². The minimum atomic E-state index is 0.413. The number of hydrogen-bond acceptors (Lipinski definition) is 2. The van der Waals surface area contributed by atoms with Crippen molar-refractivity contribution in [3.8, 4) is 0 Å². The first-order valence-electron chi connectivity index (χ1n) is 7.81. The van der Waals surface area contributed by atoms with Crippen molar-refractivity contribution >= 4 is 0 Å². The maximum Gasteiger partial charge on any atom is 0.0167 e. The predicted molar refractivity (Wildman–Crippen MR) is 74.1 cm³/mol. The smallest absolute Gasteiger partial charge is 0.0167 e. The molecule has 0 aromatic rings. The summed E-state index contributed by atoms with van der Waals surface area (Å²) in [4.78, 5) is 2.73. The highest BCUT2D eigenvalue weighted by Crippen LogP contribution is 2.35. The van der Waals surface area contributed by atoms with E-state index in [2.05, 4.69) is 11.8 Å². The van der Waals surface area contributed by atoms with Crippen molar-refractivity contribution in [1.82, 2.24) is 4.90 Å². The molecule has 1 saturated heterocycles. The van der Waals surface area contributed by atoms with Gasteiger partial charge in [-0.1, -0.05) is 32.6 Å². The summed E-state index contributed by atoms with van der Waals surface area (Å²) in [5.74, 6) is 0.996. The molecule has 0 spiro atoms. The zero-order chi connectivity index (χ0) is 12.1. The van der Waals surface area contributed by atoms with Gasteiger partial charge in [-0.05, 0) is 44.6 Å². The fourth-order valence-corrected chi connectivity index (χ4v) is 3.81. The Bertz CT molecular complexity index is 215. The van der Waals surface area contributed by atoms with Crippen molar-refractivity contribution in [1.29, 1.82) is 0 Å². The summed E-state index contributed by atoms with van der Waals surface area (Å²) >= 11 is 0. The van der Waals surface area contributed by atoms with Crippen molar-refractivity contribution in [2.75, 3.05) is 13.1 Å². The van der Waals surface area contributed by atoms with E-state index in [1.165, 1.54) is 64.3 Å². The molecular formula is C15H30N2. The monoisotopic (exact) mass is 238 g/mol. The summed E-state index contributed by atoms with van der Waals surface area (Å²) in [5, 5.41) is 0. The second kappa shape index (κ2) is 6.75. The van der Waals surface area contributed by atoms with Crippen LogP contribution in [0.25, 0.3) is 0 Å². The Morgan fingerprint density at radius 1 is 1.18 bits per heavy atom. The maximum atomic E-state index is 6.27. The van der Waals surface area contributed by atoms with Crippen LogP contribution in [0.15, 0.2) is 0 Å². The molecule has 1 saturated carbocycles. The van der Waals surface area contributed by atoms with Crippen LogP contribution in [0.3, 0.4) is 0 Å². The normalized spacial score (nSPS) is 32.1. The van der Waals surface area contributed by atoms with Crippen LogP contribution in [-0.4, -0.2) is 30.1 Å². The van der Waals surface area contributed by atoms with Gasteiger partial charge in [0, 0.05) is 18.6 Å². The molecule has 3 atom stereocenters. The molecule has 2 N–H and O–H groups in total. The summed E-state index contributed by atoms with van der Waals surface area (Å²) in [6.07, 6.45) is 12.5. The fraction of sp³-hybridized carbons (Fsp3) is 1.00. The van der Waals surface area contributed by atoms with Crippen molar-refractivity contribution in [3.05, 3.63) is 0 Å². The van der Waals surface area contributed by atoms with Crippen LogP contribution in [0.2, 0.25) is 0 Å². The first-order valence-corrected chi connectivity index (χ1v) is 7.81. The quantitative estimate of drug-likeness (QED) is 0.797. The maximum absolute atomic E-state index is 6.27. The molecule has 2 heteroatoms. The van der Waals surface area contributed by atoms with E-state index >= 15 is 0 Å². The van der Waals surface area contributed by atoms with Gasteiger partial charge in [-0.25, -0.2) is 0 Å². The number of hydrogen-bond donors (Lipinski definition) is 1. The number of piperidine rings is 1. The van der Waals surface area contributed by atoms with E-state index < -0.39 is 0 Å². The summed E-state index contributed by atoms with van der Waals surface area (Å²) in [7, 11) is 0. The average molecular weight is 238 g/mol. The molecule has 0 bridgehead atoms. The second-order valence-corrected chi connectivity index (χ2v) is 6.15. The van der Waals surface area contributed by atoms with Crippen LogP contribution in [0.5, 0.6) is 0 Å². The average Bonchev–Trinajstić information content (AvgIpc) is 2.37. The molecule has 2 nitrogen and oxygen atoms in total. The number of rotatable bonds is 5. The van der Waals surface area contributed by atoms with E-state index in [-0.39, 0.29) is 0 Å². The van der Waals surface area contributed by atoms with Crippen LogP contribution in [-0.2, 0) is 0 Å². The molecule has 2 aliphatic rings. The lowest BCUT2D eigenvalue weighted by molar-refractivity contribution is 0.0554. The Morgan fingerprint density at radius 3 is 2.76 bits per heavy atom. The molecule has 1 aliphatic carbocycles. The molecule has 0 radical (unpaired) electrons. The van der Waals surface area contributed by atoms with Crippen LogP contribution in [0.4, 0.5) is 0 Å².